The summed E-state index contributed by atoms with van der Waals surface area (Å²) in [6, 6.07) is 12.3. The molecule has 160 valence electrons. The fourth-order valence-corrected chi connectivity index (χ4v) is 3.20. The lowest BCUT2D eigenvalue weighted by atomic mass is 10.2. The van der Waals surface area contributed by atoms with Gasteiger partial charge in [-0.05, 0) is 35.9 Å². The summed E-state index contributed by atoms with van der Waals surface area (Å²) in [6.45, 7) is 2.13. The first kappa shape index (κ1) is 20.5. The molecule has 1 amide bonds. The van der Waals surface area contributed by atoms with Gasteiger partial charge in [0.1, 0.15) is 6.33 Å². The third kappa shape index (κ3) is 4.72. The summed E-state index contributed by atoms with van der Waals surface area (Å²) in [6.07, 6.45) is 2.91. The van der Waals surface area contributed by atoms with Crippen LogP contribution in [-0.2, 0) is 9.53 Å². The number of methoxy groups -OCH3 is 1. The van der Waals surface area contributed by atoms with Crippen molar-refractivity contribution in [1.82, 2.24) is 14.6 Å². The molecule has 0 saturated carbocycles. The first-order valence-electron chi connectivity index (χ1n) is 9.83. The monoisotopic (exact) mass is 422 g/mol. The van der Waals surface area contributed by atoms with Crippen LogP contribution in [0.3, 0.4) is 0 Å². The summed E-state index contributed by atoms with van der Waals surface area (Å²) in [4.78, 5) is 30.8. The zero-order valence-electron chi connectivity index (χ0n) is 17.1. The Morgan fingerprint density at radius 1 is 1.19 bits per heavy atom. The second-order valence-corrected chi connectivity index (χ2v) is 6.85. The fraction of sp³-hybridized carbons (Fsp3) is 0.273. The van der Waals surface area contributed by atoms with Crippen molar-refractivity contribution in [1.29, 1.82) is 0 Å². The number of carbonyl (C=O) groups excluding carboxylic acids is 1. The molecule has 0 spiro atoms. The molecule has 1 aliphatic rings. The number of hydrogen-bond acceptors (Lipinski definition) is 7. The van der Waals surface area contributed by atoms with E-state index in [0.717, 1.165) is 0 Å². The van der Waals surface area contributed by atoms with Gasteiger partial charge in [-0.1, -0.05) is 12.1 Å². The zero-order chi connectivity index (χ0) is 21.6. The van der Waals surface area contributed by atoms with E-state index in [4.69, 9.17) is 14.2 Å². The van der Waals surface area contributed by atoms with Crippen molar-refractivity contribution in [3.05, 3.63) is 64.7 Å². The van der Waals surface area contributed by atoms with Gasteiger partial charge in [0.05, 0.1) is 37.4 Å². The third-order valence-electron chi connectivity index (χ3n) is 4.88. The SMILES string of the molecule is COc1cc(/C=N\n2cnc3ccccc3c2=O)ccc1OCC(=O)N1CCOCC1. The number of rotatable bonds is 6. The lowest BCUT2D eigenvalue weighted by Crippen LogP contribution is -2.43. The van der Waals surface area contributed by atoms with Gasteiger partial charge in [0, 0.05) is 13.1 Å². The average molecular weight is 422 g/mol. The number of morpholine rings is 1. The van der Waals surface area contributed by atoms with E-state index in [2.05, 4.69) is 10.1 Å². The molecule has 0 unspecified atom stereocenters. The number of nitrogens with zero attached hydrogens (tertiary/aromatic N) is 4. The Bertz CT molecular complexity index is 1170. The van der Waals surface area contributed by atoms with Crippen LogP contribution in [0.1, 0.15) is 5.56 Å². The van der Waals surface area contributed by atoms with Crippen LogP contribution in [0.5, 0.6) is 11.5 Å². The molecule has 31 heavy (non-hydrogen) atoms. The average Bonchev–Trinajstić information content (AvgIpc) is 2.83. The maximum absolute atomic E-state index is 12.5. The van der Waals surface area contributed by atoms with Crippen molar-refractivity contribution >= 4 is 23.0 Å². The second kappa shape index (κ2) is 9.40. The van der Waals surface area contributed by atoms with E-state index in [9.17, 15) is 9.59 Å². The Labute approximate surface area is 178 Å². The topological polar surface area (TPSA) is 95.2 Å². The van der Waals surface area contributed by atoms with Crippen molar-refractivity contribution in [3.63, 3.8) is 0 Å². The van der Waals surface area contributed by atoms with Gasteiger partial charge in [-0.2, -0.15) is 9.78 Å². The summed E-state index contributed by atoms with van der Waals surface area (Å²) in [7, 11) is 1.52. The highest BCUT2D eigenvalue weighted by atomic mass is 16.5. The second-order valence-electron chi connectivity index (χ2n) is 6.85. The van der Waals surface area contributed by atoms with Gasteiger partial charge in [0.2, 0.25) is 0 Å². The van der Waals surface area contributed by atoms with Gasteiger partial charge in [-0.25, -0.2) is 4.98 Å². The summed E-state index contributed by atoms with van der Waals surface area (Å²) in [5.74, 6) is 0.813. The van der Waals surface area contributed by atoms with Crippen LogP contribution in [-0.4, -0.2) is 66.7 Å². The molecule has 0 atom stereocenters. The van der Waals surface area contributed by atoms with Crippen LogP contribution in [0.4, 0.5) is 0 Å². The highest BCUT2D eigenvalue weighted by molar-refractivity contribution is 5.82. The number of benzene rings is 2. The molecule has 2 aromatic carbocycles. The maximum atomic E-state index is 12.5. The van der Waals surface area contributed by atoms with E-state index in [1.165, 1.54) is 24.3 Å². The molecule has 0 aliphatic carbocycles. The molecule has 1 aliphatic heterocycles. The predicted octanol–water partition coefficient (Wildman–Crippen LogP) is 1.52. The lowest BCUT2D eigenvalue weighted by molar-refractivity contribution is -0.137. The summed E-state index contributed by atoms with van der Waals surface area (Å²) in [5.41, 5.74) is 1.06. The van der Waals surface area contributed by atoms with Gasteiger partial charge in [-0.15, -0.1) is 0 Å². The zero-order valence-corrected chi connectivity index (χ0v) is 17.1. The molecular formula is C22H22N4O5. The Hall–Kier alpha value is -3.72. The van der Waals surface area contributed by atoms with Crippen molar-refractivity contribution < 1.29 is 19.0 Å². The van der Waals surface area contributed by atoms with Crippen molar-refractivity contribution in [2.45, 2.75) is 0 Å². The van der Waals surface area contributed by atoms with Gasteiger partial charge in [0.25, 0.3) is 11.5 Å². The molecule has 0 radical (unpaired) electrons. The Morgan fingerprint density at radius 2 is 2.00 bits per heavy atom. The molecular weight excluding hydrogens is 400 g/mol. The van der Waals surface area contributed by atoms with E-state index in [-0.39, 0.29) is 18.1 Å². The van der Waals surface area contributed by atoms with Crippen LogP contribution in [0.15, 0.2) is 58.7 Å². The Morgan fingerprint density at radius 3 is 2.81 bits per heavy atom. The molecule has 9 heteroatoms. The minimum absolute atomic E-state index is 0.0814. The summed E-state index contributed by atoms with van der Waals surface area (Å²) in [5, 5.41) is 4.71. The maximum Gasteiger partial charge on any atom is 0.281 e. The van der Waals surface area contributed by atoms with E-state index in [0.29, 0.717) is 54.3 Å². The third-order valence-corrected chi connectivity index (χ3v) is 4.88. The van der Waals surface area contributed by atoms with Gasteiger partial charge in [0.15, 0.2) is 18.1 Å². The molecule has 4 rings (SSSR count). The minimum atomic E-state index is -0.254. The number of para-hydroxylation sites is 1. The van der Waals surface area contributed by atoms with Crippen molar-refractivity contribution in [3.8, 4) is 11.5 Å². The van der Waals surface area contributed by atoms with Crippen LogP contribution in [0, 0.1) is 0 Å². The van der Waals surface area contributed by atoms with E-state index < -0.39 is 0 Å². The van der Waals surface area contributed by atoms with Crippen LogP contribution in [0.2, 0.25) is 0 Å². The predicted molar refractivity (Wildman–Crippen MR) is 115 cm³/mol. The van der Waals surface area contributed by atoms with Crippen molar-refractivity contribution in [2.75, 3.05) is 40.0 Å². The molecule has 1 fully saturated rings. The first-order chi connectivity index (χ1) is 15.2. The quantitative estimate of drug-likeness (QED) is 0.559. The van der Waals surface area contributed by atoms with Crippen LogP contribution in [0.25, 0.3) is 10.9 Å². The number of aromatic nitrogens is 2. The summed E-state index contributed by atoms with van der Waals surface area (Å²) >= 11 is 0. The molecule has 2 heterocycles. The number of carbonyl (C=O) groups is 1. The van der Waals surface area contributed by atoms with Crippen LogP contribution < -0.4 is 15.0 Å². The normalized spacial score (nSPS) is 14.2. The highest BCUT2D eigenvalue weighted by Crippen LogP contribution is 2.27. The molecule has 0 N–H and O–H groups in total. The number of hydrogen-bond donors (Lipinski definition) is 0. The Kier molecular flexibility index (Phi) is 6.23. The fourth-order valence-electron chi connectivity index (χ4n) is 3.20. The standard InChI is InChI=1S/C22H22N4O5/c1-29-20-12-16(6-7-19(20)31-14-21(27)25-8-10-30-11-9-25)13-24-26-15-23-18-5-3-2-4-17(18)22(26)28/h2-7,12-13,15H,8-11,14H2,1H3/b24-13-. The molecule has 3 aromatic rings. The number of fused-ring (bicyclic) bond motifs is 1. The van der Waals surface area contributed by atoms with Gasteiger partial charge in [-0.3, -0.25) is 9.59 Å². The Balaban J connectivity index is 1.47. The summed E-state index contributed by atoms with van der Waals surface area (Å²) < 4.78 is 17.5. The van der Waals surface area contributed by atoms with E-state index in [1.807, 2.05) is 6.07 Å². The van der Waals surface area contributed by atoms with Gasteiger partial charge >= 0.3 is 0 Å². The van der Waals surface area contributed by atoms with Crippen molar-refractivity contribution in [2.24, 2.45) is 5.10 Å². The van der Waals surface area contributed by atoms with Gasteiger partial charge < -0.3 is 19.1 Å². The molecule has 9 nitrogen and oxygen atoms in total. The molecule has 1 aromatic heterocycles. The largest absolute Gasteiger partial charge is 0.493 e. The van der Waals surface area contributed by atoms with Crippen LogP contribution >= 0.6 is 0 Å². The number of ether oxygens (including phenoxy) is 3. The number of amides is 1. The van der Waals surface area contributed by atoms with E-state index in [1.54, 1.807) is 41.3 Å². The molecule has 1 saturated heterocycles. The molecule has 0 bridgehead atoms. The lowest BCUT2D eigenvalue weighted by Gasteiger charge is -2.26. The van der Waals surface area contributed by atoms with E-state index >= 15 is 0 Å². The first-order valence-corrected chi connectivity index (χ1v) is 9.83. The minimum Gasteiger partial charge on any atom is -0.493 e. The smallest absolute Gasteiger partial charge is 0.281 e. The highest BCUT2D eigenvalue weighted by Gasteiger charge is 2.18.